The molecule has 0 bridgehead atoms. The van der Waals surface area contributed by atoms with Gasteiger partial charge in [-0.2, -0.15) is 0 Å². The Hall–Kier alpha value is -0.160. The lowest BCUT2D eigenvalue weighted by atomic mass is 10.8. The second-order valence-electron chi connectivity index (χ2n) is 1.66. The average molecular weight is 155 g/mol. The van der Waals surface area contributed by atoms with Crippen molar-refractivity contribution >= 4 is 9.84 Å². The van der Waals surface area contributed by atoms with Gasteiger partial charge in [0.1, 0.15) is 0 Å². The van der Waals surface area contributed by atoms with Gasteiger partial charge in [0.15, 0.2) is 15.8 Å². The van der Waals surface area contributed by atoms with Crippen LogP contribution in [0.4, 0.5) is 4.39 Å². The molecule has 0 radical (unpaired) electrons. The van der Waals surface area contributed by atoms with Gasteiger partial charge in [0, 0.05) is 6.54 Å². The van der Waals surface area contributed by atoms with Crippen molar-refractivity contribution in [3.8, 4) is 0 Å². The lowest BCUT2D eigenvalue weighted by Crippen LogP contribution is -2.19. The maximum absolute atomic E-state index is 11.5. The maximum atomic E-state index is 11.5. The Labute approximate surface area is 54.2 Å². The molecule has 0 unspecified atom stereocenters. The van der Waals surface area contributed by atoms with Crippen LogP contribution < -0.4 is 5.32 Å². The Bertz CT molecular complexity index is 154. The molecule has 0 fully saturated rings. The van der Waals surface area contributed by atoms with Crippen molar-refractivity contribution in [2.45, 2.75) is 0 Å². The van der Waals surface area contributed by atoms with Crippen LogP contribution in [0.3, 0.4) is 0 Å². The molecule has 5 heteroatoms. The van der Waals surface area contributed by atoms with E-state index in [1.54, 1.807) is 7.05 Å². The van der Waals surface area contributed by atoms with Crippen LogP contribution in [0.15, 0.2) is 0 Å². The Morgan fingerprint density at radius 2 is 2.11 bits per heavy atom. The molecule has 0 saturated carbocycles. The highest BCUT2D eigenvalue weighted by Crippen LogP contribution is 1.87. The standard InChI is InChI=1S/C4H10FNO2S/c1-6-2-3-9(7,8)4-5/h6H,2-4H2,1H3. The van der Waals surface area contributed by atoms with Crippen LogP contribution in [0.25, 0.3) is 0 Å². The van der Waals surface area contributed by atoms with E-state index in [4.69, 9.17) is 0 Å². The number of nitrogens with one attached hydrogen (secondary N) is 1. The number of alkyl halides is 1. The molecule has 9 heavy (non-hydrogen) atoms. The minimum atomic E-state index is -3.41. The minimum Gasteiger partial charge on any atom is -0.319 e. The van der Waals surface area contributed by atoms with E-state index in [1.807, 2.05) is 0 Å². The van der Waals surface area contributed by atoms with E-state index < -0.39 is 15.8 Å². The minimum absolute atomic E-state index is 0.125. The van der Waals surface area contributed by atoms with Crippen molar-refractivity contribution in [1.29, 1.82) is 0 Å². The quantitative estimate of drug-likeness (QED) is 0.598. The summed E-state index contributed by atoms with van der Waals surface area (Å²) in [5.74, 6) is -0.125. The first-order valence-electron chi connectivity index (χ1n) is 2.53. The predicted octanol–water partition coefficient (Wildman–Crippen LogP) is -0.452. The second-order valence-corrected chi connectivity index (χ2v) is 3.77. The predicted molar refractivity (Wildman–Crippen MR) is 33.7 cm³/mol. The van der Waals surface area contributed by atoms with Crippen molar-refractivity contribution < 1.29 is 12.8 Å². The van der Waals surface area contributed by atoms with E-state index >= 15 is 0 Å². The SMILES string of the molecule is CNCCS(=O)(=O)CF. The first-order chi connectivity index (χ1) is 4.12. The van der Waals surface area contributed by atoms with Crippen LogP contribution in [0.1, 0.15) is 0 Å². The lowest BCUT2D eigenvalue weighted by Gasteiger charge is -1.95. The summed E-state index contributed by atoms with van der Waals surface area (Å²) >= 11 is 0. The van der Waals surface area contributed by atoms with E-state index in [2.05, 4.69) is 5.32 Å². The molecule has 0 heterocycles. The highest BCUT2D eigenvalue weighted by molar-refractivity contribution is 7.91. The average Bonchev–Trinajstić information content (AvgIpc) is 1.84. The summed E-state index contributed by atoms with van der Waals surface area (Å²) in [5.41, 5.74) is 0. The Morgan fingerprint density at radius 3 is 2.44 bits per heavy atom. The monoisotopic (exact) mass is 155 g/mol. The van der Waals surface area contributed by atoms with Crippen molar-refractivity contribution in [3.63, 3.8) is 0 Å². The zero-order valence-corrected chi connectivity index (χ0v) is 6.04. The van der Waals surface area contributed by atoms with E-state index in [-0.39, 0.29) is 5.75 Å². The van der Waals surface area contributed by atoms with Gasteiger partial charge >= 0.3 is 0 Å². The normalized spacial score (nSPS) is 11.8. The van der Waals surface area contributed by atoms with E-state index in [0.29, 0.717) is 6.54 Å². The fraction of sp³-hybridized carbons (Fsp3) is 1.00. The first kappa shape index (κ1) is 8.84. The highest BCUT2D eigenvalue weighted by Gasteiger charge is 2.06. The smallest absolute Gasteiger partial charge is 0.190 e. The molecule has 0 saturated heterocycles. The van der Waals surface area contributed by atoms with E-state index in [1.165, 1.54) is 0 Å². The molecule has 0 spiro atoms. The highest BCUT2D eigenvalue weighted by atomic mass is 32.2. The zero-order valence-electron chi connectivity index (χ0n) is 5.22. The number of sulfone groups is 1. The van der Waals surface area contributed by atoms with Crippen molar-refractivity contribution in [3.05, 3.63) is 0 Å². The van der Waals surface area contributed by atoms with Gasteiger partial charge in [-0.15, -0.1) is 0 Å². The third kappa shape index (κ3) is 4.35. The molecule has 3 nitrogen and oxygen atoms in total. The number of rotatable bonds is 4. The molecule has 0 aliphatic rings. The molecule has 0 amide bonds. The Balaban J connectivity index is 3.61. The fourth-order valence-corrected chi connectivity index (χ4v) is 0.936. The Kier molecular flexibility index (Phi) is 3.72. The molecular formula is C4H10FNO2S. The fourth-order valence-electron chi connectivity index (χ4n) is 0.312. The summed E-state index contributed by atoms with van der Waals surface area (Å²) in [6, 6.07) is -1.26. The van der Waals surface area contributed by atoms with Crippen LogP contribution in [0.5, 0.6) is 0 Å². The van der Waals surface area contributed by atoms with E-state index in [9.17, 15) is 12.8 Å². The first-order valence-corrected chi connectivity index (χ1v) is 4.35. The molecule has 1 N–H and O–H groups in total. The van der Waals surface area contributed by atoms with Gasteiger partial charge in [-0.05, 0) is 7.05 Å². The van der Waals surface area contributed by atoms with Crippen molar-refractivity contribution in [2.24, 2.45) is 0 Å². The van der Waals surface area contributed by atoms with Gasteiger partial charge in [-0.25, -0.2) is 12.8 Å². The molecule has 0 aromatic heterocycles. The van der Waals surface area contributed by atoms with Crippen LogP contribution in [-0.4, -0.2) is 33.8 Å². The van der Waals surface area contributed by atoms with E-state index in [0.717, 1.165) is 0 Å². The third-order valence-corrected chi connectivity index (χ3v) is 1.99. The molecule has 0 atom stereocenters. The van der Waals surface area contributed by atoms with Gasteiger partial charge in [-0.3, -0.25) is 0 Å². The molecule has 0 aliphatic heterocycles. The van der Waals surface area contributed by atoms with Crippen molar-refractivity contribution in [1.82, 2.24) is 5.32 Å². The third-order valence-electron chi connectivity index (χ3n) is 0.829. The van der Waals surface area contributed by atoms with Crippen LogP contribution in [0.2, 0.25) is 0 Å². The van der Waals surface area contributed by atoms with Gasteiger partial charge < -0.3 is 5.32 Å². The van der Waals surface area contributed by atoms with Crippen LogP contribution >= 0.6 is 0 Å². The number of halogens is 1. The van der Waals surface area contributed by atoms with Gasteiger partial charge in [0.05, 0.1) is 5.75 Å². The summed E-state index contributed by atoms with van der Waals surface area (Å²) < 4.78 is 32.2. The molecular weight excluding hydrogens is 145 g/mol. The summed E-state index contributed by atoms with van der Waals surface area (Å²) in [5, 5.41) is 2.61. The molecule has 0 aromatic carbocycles. The summed E-state index contributed by atoms with van der Waals surface area (Å²) in [6.07, 6.45) is 0. The number of hydrogen-bond acceptors (Lipinski definition) is 3. The maximum Gasteiger partial charge on any atom is 0.190 e. The van der Waals surface area contributed by atoms with Gasteiger partial charge in [-0.1, -0.05) is 0 Å². The zero-order chi connectivity index (χ0) is 7.33. The van der Waals surface area contributed by atoms with Crippen LogP contribution in [0, 0.1) is 0 Å². The van der Waals surface area contributed by atoms with Gasteiger partial charge in [0.2, 0.25) is 0 Å². The summed E-state index contributed by atoms with van der Waals surface area (Å²) in [7, 11) is -1.79. The largest absolute Gasteiger partial charge is 0.319 e. The molecule has 0 aromatic rings. The topological polar surface area (TPSA) is 46.2 Å². The molecule has 56 valence electrons. The van der Waals surface area contributed by atoms with Gasteiger partial charge in [0.25, 0.3) is 0 Å². The molecule has 0 aliphatic carbocycles. The summed E-state index contributed by atoms with van der Waals surface area (Å²) in [6.45, 7) is 0.312. The Morgan fingerprint density at radius 1 is 1.56 bits per heavy atom. The second kappa shape index (κ2) is 3.79. The van der Waals surface area contributed by atoms with Crippen LogP contribution in [-0.2, 0) is 9.84 Å². The summed E-state index contributed by atoms with van der Waals surface area (Å²) in [4.78, 5) is 0. The number of hydrogen-bond donors (Lipinski definition) is 1. The lowest BCUT2D eigenvalue weighted by molar-refractivity contribution is 0.533. The molecule has 0 rings (SSSR count). The van der Waals surface area contributed by atoms with Crippen molar-refractivity contribution in [2.75, 3.05) is 25.4 Å².